The van der Waals surface area contributed by atoms with Gasteiger partial charge in [0.25, 0.3) is 5.91 Å². The number of nitrogens with zero attached hydrogens (tertiary/aromatic N) is 2. The van der Waals surface area contributed by atoms with Gasteiger partial charge in [0.1, 0.15) is 5.58 Å². The molecule has 1 aliphatic heterocycles. The quantitative estimate of drug-likeness (QED) is 0.588. The number of benzene rings is 2. The zero-order valence-corrected chi connectivity index (χ0v) is 18.3. The fourth-order valence-corrected chi connectivity index (χ4v) is 4.25. The van der Waals surface area contributed by atoms with E-state index in [1.54, 1.807) is 34.1 Å². The largest absolute Gasteiger partial charge is 0.451 e. The first kappa shape index (κ1) is 21.8. The molecule has 1 aliphatic rings. The van der Waals surface area contributed by atoms with Crippen LogP contribution in [0.25, 0.3) is 11.0 Å². The molecule has 166 valence electrons. The number of para-hydroxylation sites is 1. The van der Waals surface area contributed by atoms with Crippen molar-refractivity contribution in [3.8, 4) is 0 Å². The minimum Gasteiger partial charge on any atom is -0.451 e. The molecule has 0 saturated carbocycles. The zero-order valence-electron chi connectivity index (χ0n) is 18.3. The number of likely N-dealkylation sites (tertiary alicyclic amines) is 1. The van der Waals surface area contributed by atoms with Gasteiger partial charge in [0.15, 0.2) is 11.2 Å². The number of piperidine rings is 1. The van der Waals surface area contributed by atoms with Crippen molar-refractivity contribution in [1.29, 1.82) is 0 Å². The van der Waals surface area contributed by atoms with Crippen LogP contribution in [0.2, 0.25) is 0 Å². The maximum absolute atomic E-state index is 12.9. The Morgan fingerprint density at radius 3 is 2.47 bits per heavy atom. The van der Waals surface area contributed by atoms with Crippen molar-refractivity contribution >= 4 is 22.8 Å². The Kier molecular flexibility index (Phi) is 6.69. The van der Waals surface area contributed by atoms with Crippen LogP contribution >= 0.6 is 0 Å². The fraction of sp³-hybridized carbons (Fsp3) is 0.346. The SMILES string of the molecule is CN(Cc1ccccc1)C(=O)CCC1CCN(C(=O)c2cc(=O)c3ccccc3o2)CC1. The number of fused-ring (bicyclic) bond motifs is 1. The third kappa shape index (κ3) is 5.07. The maximum Gasteiger partial charge on any atom is 0.289 e. The normalized spacial score (nSPS) is 14.5. The summed E-state index contributed by atoms with van der Waals surface area (Å²) in [6.45, 7) is 1.83. The third-order valence-corrected chi connectivity index (χ3v) is 6.20. The van der Waals surface area contributed by atoms with E-state index in [-0.39, 0.29) is 23.0 Å². The highest BCUT2D eigenvalue weighted by Gasteiger charge is 2.26. The lowest BCUT2D eigenvalue weighted by molar-refractivity contribution is -0.130. The molecule has 0 spiro atoms. The molecule has 32 heavy (non-hydrogen) atoms. The zero-order chi connectivity index (χ0) is 22.5. The predicted octanol–water partition coefficient (Wildman–Crippen LogP) is 4.08. The second-order valence-electron chi connectivity index (χ2n) is 8.48. The number of rotatable bonds is 6. The molecule has 3 aromatic rings. The predicted molar refractivity (Wildman–Crippen MR) is 123 cm³/mol. The molecule has 0 atom stereocenters. The molecule has 1 aromatic heterocycles. The van der Waals surface area contributed by atoms with Crippen molar-refractivity contribution in [2.75, 3.05) is 20.1 Å². The van der Waals surface area contributed by atoms with Crippen molar-refractivity contribution < 1.29 is 14.0 Å². The summed E-state index contributed by atoms with van der Waals surface area (Å²) in [5, 5.41) is 0.477. The van der Waals surface area contributed by atoms with Gasteiger partial charge in [-0.15, -0.1) is 0 Å². The maximum atomic E-state index is 12.9. The summed E-state index contributed by atoms with van der Waals surface area (Å²) < 4.78 is 5.70. The van der Waals surface area contributed by atoms with Crippen LogP contribution in [0.4, 0.5) is 0 Å². The summed E-state index contributed by atoms with van der Waals surface area (Å²) in [5.74, 6) is 0.400. The summed E-state index contributed by atoms with van der Waals surface area (Å²) >= 11 is 0. The molecule has 0 radical (unpaired) electrons. The van der Waals surface area contributed by atoms with Gasteiger partial charge in [-0.05, 0) is 42.9 Å². The Morgan fingerprint density at radius 2 is 1.72 bits per heavy atom. The molecule has 0 N–H and O–H groups in total. The summed E-state index contributed by atoms with van der Waals surface area (Å²) in [6.07, 6.45) is 3.03. The second kappa shape index (κ2) is 9.81. The first-order chi connectivity index (χ1) is 15.5. The van der Waals surface area contributed by atoms with E-state index in [4.69, 9.17) is 4.42 Å². The van der Waals surface area contributed by atoms with Crippen LogP contribution in [0.1, 0.15) is 41.8 Å². The lowest BCUT2D eigenvalue weighted by Crippen LogP contribution is -2.39. The van der Waals surface area contributed by atoms with Crippen LogP contribution < -0.4 is 5.43 Å². The molecule has 0 aliphatic carbocycles. The van der Waals surface area contributed by atoms with Crippen LogP contribution in [0.3, 0.4) is 0 Å². The van der Waals surface area contributed by atoms with Crippen LogP contribution in [-0.4, -0.2) is 41.8 Å². The lowest BCUT2D eigenvalue weighted by Gasteiger charge is -2.31. The molecule has 1 fully saturated rings. The Bertz CT molecular complexity index is 1150. The number of amides is 2. The van der Waals surface area contributed by atoms with E-state index in [2.05, 4.69) is 0 Å². The topological polar surface area (TPSA) is 70.8 Å². The first-order valence-corrected chi connectivity index (χ1v) is 11.1. The van der Waals surface area contributed by atoms with Gasteiger partial charge in [-0.3, -0.25) is 14.4 Å². The van der Waals surface area contributed by atoms with E-state index in [0.717, 1.165) is 24.8 Å². The van der Waals surface area contributed by atoms with Gasteiger partial charge in [0, 0.05) is 39.2 Å². The Balaban J connectivity index is 1.27. The summed E-state index contributed by atoms with van der Waals surface area (Å²) in [6, 6.07) is 18.2. The molecule has 0 bridgehead atoms. The Morgan fingerprint density at radius 1 is 1.03 bits per heavy atom. The van der Waals surface area contributed by atoms with Crippen molar-refractivity contribution in [2.24, 2.45) is 5.92 Å². The molecule has 0 unspecified atom stereocenters. The van der Waals surface area contributed by atoms with Crippen LogP contribution in [0.5, 0.6) is 0 Å². The Hall–Kier alpha value is -3.41. The molecular formula is C26H28N2O4. The monoisotopic (exact) mass is 432 g/mol. The summed E-state index contributed by atoms with van der Waals surface area (Å²) in [4.78, 5) is 41.2. The number of hydrogen-bond acceptors (Lipinski definition) is 4. The second-order valence-corrected chi connectivity index (χ2v) is 8.48. The minimum atomic E-state index is -0.245. The molecule has 2 aromatic carbocycles. The summed E-state index contributed by atoms with van der Waals surface area (Å²) in [7, 11) is 1.84. The molecular weight excluding hydrogens is 404 g/mol. The van der Waals surface area contributed by atoms with Gasteiger partial charge in [-0.2, -0.15) is 0 Å². The van der Waals surface area contributed by atoms with Crippen molar-refractivity contribution in [3.63, 3.8) is 0 Å². The van der Waals surface area contributed by atoms with Crippen molar-refractivity contribution in [2.45, 2.75) is 32.2 Å². The average molecular weight is 433 g/mol. The lowest BCUT2D eigenvalue weighted by atomic mass is 9.92. The molecule has 2 heterocycles. The standard InChI is InChI=1S/C26H28N2O4/c1-27(18-20-7-3-2-4-8-20)25(30)12-11-19-13-15-28(16-14-19)26(31)24-17-22(29)21-9-5-6-10-23(21)32-24/h2-10,17,19H,11-16,18H2,1H3. The van der Waals surface area contributed by atoms with E-state index in [1.165, 1.54) is 6.07 Å². The first-order valence-electron chi connectivity index (χ1n) is 11.1. The van der Waals surface area contributed by atoms with Gasteiger partial charge in [0.2, 0.25) is 5.91 Å². The molecule has 6 nitrogen and oxygen atoms in total. The summed E-state index contributed by atoms with van der Waals surface area (Å²) in [5.41, 5.74) is 1.34. The minimum absolute atomic E-state index is 0.0878. The third-order valence-electron chi connectivity index (χ3n) is 6.20. The van der Waals surface area contributed by atoms with E-state index in [0.29, 0.717) is 42.9 Å². The van der Waals surface area contributed by atoms with Gasteiger partial charge in [-0.25, -0.2) is 0 Å². The number of carbonyl (C=O) groups is 2. The van der Waals surface area contributed by atoms with Gasteiger partial charge in [-0.1, -0.05) is 42.5 Å². The van der Waals surface area contributed by atoms with Crippen molar-refractivity contribution in [3.05, 3.63) is 82.2 Å². The highest BCUT2D eigenvalue weighted by Crippen LogP contribution is 2.24. The van der Waals surface area contributed by atoms with Gasteiger partial charge >= 0.3 is 0 Å². The smallest absolute Gasteiger partial charge is 0.289 e. The number of hydrogen-bond donors (Lipinski definition) is 0. The highest BCUT2D eigenvalue weighted by molar-refractivity contribution is 5.93. The average Bonchev–Trinajstić information content (AvgIpc) is 2.83. The van der Waals surface area contributed by atoms with E-state index < -0.39 is 0 Å². The van der Waals surface area contributed by atoms with Gasteiger partial charge in [0.05, 0.1) is 5.39 Å². The molecule has 1 saturated heterocycles. The van der Waals surface area contributed by atoms with E-state index >= 15 is 0 Å². The molecule has 6 heteroatoms. The van der Waals surface area contributed by atoms with Crippen LogP contribution in [0.15, 0.2) is 69.9 Å². The number of carbonyl (C=O) groups excluding carboxylic acids is 2. The van der Waals surface area contributed by atoms with Gasteiger partial charge < -0.3 is 14.2 Å². The van der Waals surface area contributed by atoms with Crippen LogP contribution in [-0.2, 0) is 11.3 Å². The Labute approximate surface area is 187 Å². The van der Waals surface area contributed by atoms with E-state index in [1.807, 2.05) is 37.4 Å². The van der Waals surface area contributed by atoms with Crippen molar-refractivity contribution in [1.82, 2.24) is 9.80 Å². The molecule has 4 rings (SSSR count). The van der Waals surface area contributed by atoms with Crippen LogP contribution in [0, 0.1) is 5.92 Å². The molecule has 2 amide bonds. The fourth-order valence-electron chi connectivity index (χ4n) is 4.25. The van der Waals surface area contributed by atoms with E-state index in [9.17, 15) is 14.4 Å². The highest BCUT2D eigenvalue weighted by atomic mass is 16.3.